The maximum Gasteiger partial charge on any atom is 0.303 e. The van der Waals surface area contributed by atoms with E-state index in [4.69, 9.17) is 5.11 Å². The molecule has 1 aliphatic rings. The van der Waals surface area contributed by atoms with Crippen molar-refractivity contribution in [2.75, 3.05) is 23.8 Å². The molecule has 0 aliphatic carbocycles. The van der Waals surface area contributed by atoms with E-state index >= 15 is 0 Å². The van der Waals surface area contributed by atoms with E-state index in [-0.39, 0.29) is 12.3 Å². The van der Waals surface area contributed by atoms with Crippen molar-refractivity contribution in [1.29, 1.82) is 0 Å². The summed E-state index contributed by atoms with van der Waals surface area (Å²) in [5.74, 6) is 2.89. The van der Waals surface area contributed by atoms with Crippen LogP contribution in [0.2, 0.25) is 0 Å². The number of hydrogen-bond donors (Lipinski definition) is 2. The molecule has 0 bridgehead atoms. The molecule has 1 amide bonds. The van der Waals surface area contributed by atoms with Gasteiger partial charge in [-0.15, -0.1) is 0 Å². The van der Waals surface area contributed by atoms with Crippen molar-refractivity contribution in [2.45, 2.75) is 43.8 Å². The lowest BCUT2D eigenvalue weighted by atomic mass is 10.1. The smallest absolute Gasteiger partial charge is 0.303 e. The van der Waals surface area contributed by atoms with Gasteiger partial charge in [0.1, 0.15) is 0 Å². The van der Waals surface area contributed by atoms with Gasteiger partial charge in [0, 0.05) is 41.9 Å². The minimum absolute atomic E-state index is 0.158. The second kappa shape index (κ2) is 10.4. The van der Waals surface area contributed by atoms with E-state index in [0.29, 0.717) is 11.7 Å². The van der Waals surface area contributed by atoms with Gasteiger partial charge in [-0.1, -0.05) is 12.8 Å². The average molecular weight is 305 g/mol. The molecule has 1 unspecified atom stereocenters. The third-order valence-electron chi connectivity index (χ3n) is 2.94. The molecule has 2 N–H and O–H groups in total. The van der Waals surface area contributed by atoms with Crippen molar-refractivity contribution in [1.82, 2.24) is 5.32 Å². The van der Waals surface area contributed by atoms with Crippen molar-refractivity contribution in [2.24, 2.45) is 0 Å². The molecule has 0 aromatic carbocycles. The third-order valence-corrected chi connectivity index (χ3v) is 5.78. The highest BCUT2D eigenvalue weighted by Crippen LogP contribution is 2.26. The number of hydrogen-bond acceptors (Lipinski definition) is 4. The monoisotopic (exact) mass is 305 g/mol. The van der Waals surface area contributed by atoms with Crippen LogP contribution in [-0.4, -0.2) is 46.0 Å². The zero-order valence-corrected chi connectivity index (χ0v) is 12.9. The van der Waals surface area contributed by atoms with Crippen LogP contribution in [0.3, 0.4) is 0 Å². The summed E-state index contributed by atoms with van der Waals surface area (Å²) in [6.45, 7) is 0.719. The Kier molecular flexibility index (Phi) is 9.16. The summed E-state index contributed by atoms with van der Waals surface area (Å²) in [7, 11) is 0. The number of nitrogens with one attached hydrogen (secondary N) is 1. The molecule has 1 saturated heterocycles. The predicted molar refractivity (Wildman–Crippen MR) is 81.9 cm³/mol. The van der Waals surface area contributed by atoms with E-state index in [1.54, 1.807) is 0 Å². The van der Waals surface area contributed by atoms with Gasteiger partial charge < -0.3 is 10.4 Å². The Morgan fingerprint density at radius 2 is 1.95 bits per heavy atom. The van der Waals surface area contributed by atoms with Gasteiger partial charge >= 0.3 is 5.97 Å². The molecule has 0 radical (unpaired) electrons. The Morgan fingerprint density at radius 1 is 1.16 bits per heavy atom. The molecule has 0 spiro atoms. The topological polar surface area (TPSA) is 66.4 Å². The summed E-state index contributed by atoms with van der Waals surface area (Å²) in [5, 5.41) is 11.9. The molecule has 6 heteroatoms. The maximum absolute atomic E-state index is 11.7. The first kappa shape index (κ1) is 16.7. The number of carbonyl (C=O) groups excluding carboxylic acids is 1. The van der Waals surface area contributed by atoms with E-state index in [9.17, 15) is 9.59 Å². The van der Waals surface area contributed by atoms with E-state index < -0.39 is 5.97 Å². The number of carboxylic acid groups (broad SMARTS) is 1. The van der Waals surface area contributed by atoms with E-state index in [2.05, 4.69) is 5.32 Å². The fourth-order valence-corrected chi connectivity index (χ4v) is 4.60. The molecular weight excluding hydrogens is 282 g/mol. The maximum atomic E-state index is 11.7. The molecule has 110 valence electrons. The number of carbonyl (C=O) groups is 2. The fourth-order valence-electron chi connectivity index (χ4n) is 1.92. The molecule has 1 heterocycles. The molecule has 0 aromatic rings. The van der Waals surface area contributed by atoms with Crippen molar-refractivity contribution in [3.63, 3.8) is 0 Å². The first-order valence-corrected chi connectivity index (χ1v) is 9.06. The number of thioether (sulfide) groups is 2. The Balaban J connectivity index is 1.90. The Hall–Kier alpha value is -0.360. The SMILES string of the molecule is O=C(O)CCCCCCNC(=O)CC1CSCCS1. The normalized spacial score (nSPS) is 19.1. The average Bonchev–Trinajstić information content (AvgIpc) is 2.38. The van der Waals surface area contributed by atoms with Crippen LogP contribution in [0.1, 0.15) is 38.5 Å². The van der Waals surface area contributed by atoms with Crippen molar-refractivity contribution in [3.8, 4) is 0 Å². The van der Waals surface area contributed by atoms with Gasteiger partial charge in [0.2, 0.25) is 5.91 Å². The van der Waals surface area contributed by atoms with Gasteiger partial charge in [0.25, 0.3) is 0 Å². The van der Waals surface area contributed by atoms with Gasteiger partial charge in [-0.25, -0.2) is 0 Å². The van der Waals surface area contributed by atoms with E-state index in [1.165, 1.54) is 5.75 Å². The predicted octanol–water partition coefficient (Wildman–Crippen LogP) is 2.38. The minimum Gasteiger partial charge on any atom is -0.481 e. The quantitative estimate of drug-likeness (QED) is 0.640. The van der Waals surface area contributed by atoms with Gasteiger partial charge in [0.15, 0.2) is 0 Å². The summed E-state index contributed by atoms with van der Waals surface area (Å²) >= 11 is 3.84. The molecule has 0 saturated carbocycles. The number of rotatable bonds is 9. The largest absolute Gasteiger partial charge is 0.481 e. The first-order valence-electron chi connectivity index (χ1n) is 6.86. The summed E-state index contributed by atoms with van der Waals surface area (Å²) in [6.07, 6.45) is 4.48. The lowest BCUT2D eigenvalue weighted by Gasteiger charge is -2.20. The van der Waals surface area contributed by atoms with Crippen LogP contribution in [0.15, 0.2) is 0 Å². The zero-order chi connectivity index (χ0) is 13.9. The lowest BCUT2D eigenvalue weighted by Crippen LogP contribution is -2.29. The third kappa shape index (κ3) is 9.21. The molecule has 1 atom stereocenters. The van der Waals surface area contributed by atoms with Crippen molar-refractivity contribution in [3.05, 3.63) is 0 Å². The number of carboxylic acids is 1. The highest BCUT2D eigenvalue weighted by molar-refractivity contribution is 8.06. The molecule has 19 heavy (non-hydrogen) atoms. The highest BCUT2D eigenvalue weighted by atomic mass is 32.2. The van der Waals surface area contributed by atoms with Gasteiger partial charge in [0.05, 0.1) is 0 Å². The van der Waals surface area contributed by atoms with Gasteiger partial charge in [-0.05, 0) is 12.8 Å². The molecule has 1 aliphatic heterocycles. The minimum atomic E-state index is -0.726. The standard InChI is InChI=1S/C13H23NO3S2/c15-12(9-11-10-18-7-8-19-11)14-6-4-2-1-3-5-13(16)17/h11H,1-10H2,(H,14,15)(H,16,17). The Bertz CT molecular complexity index is 281. The van der Waals surface area contributed by atoms with E-state index in [0.717, 1.165) is 43.7 Å². The molecule has 4 nitrogen and oxygen atoms in total. The number of unbranched alkanes of at least 4 members (excludes halogenated alkanes) is 3. The summed E-state index contributed by atoms with van der Waals surface area (Å²) in [5.41, 5.74) is 0. The van der Waals surface area contributed by atoms with Crippen LogP contribution >= 0.6 is 23.5 Å². The summed E-state index contributed by atoms with van der Waals surface area (Å²) in [6, 6.07) is 0. The Morgan fingerprint density at radius 3 is 2.63 bits per heavy atom. The molecule has 1 rings (SSSR count). The van der Waals surface area contributed by atoms with Crippen molar-refractivity contribution < 1.29 is 14.7 Å². The van der Waals surface area contributed by atoms with Crippen LogP contribution in [0.25, 0.3) is 0 Å². The van der Waals surface area contributed by atoms with Gasteiger partial charge in [-0.3, -0.25) is 9.59 Å². The van der Waals surface area contributed by atoms with Crippen LogP contribution in [0, 0.1) is 0 Å². The first-order chi connectivity index (χ1) is 9.18. The van der Waals surface area contributed by atoms with E-state index in [1.807, 2.05) is 23.5 Å². The van der Waals surface area contributed by atoms with Crippen LogP contribution in [0.5, 0.6) is 0 Å². The number of amides is 1. The molecule has 0 aromatic heterocycles. The highest BCUT2D eigenvalue weighted by Gasteiger charge is 2.17. The number of aliphatic carboxylic acids is 1. The van der Waals surface area contributed by atoms with Crippen LogP contribution in [0.4, 0.5) is 0 Å². The second-order valence-electron chi connectivity index (χ2n) is 4.68. The van der Waals surface area contributed by atoms with Crippen molar-refractivity contribution >= 4 is 35.4 Å². The second-order valence-corrected chi connectivity index (χ2v) is 7.24. The zero-order valence-electron chi connectivity index (χ0n) is 11.2. The Labute approximate surface area is 123 Å². The summed E-state index contributed by atoms with van der Waals surface area (Å²) in [4.78, 5) is 22.0. The van der Waals surface area contributed by atoms with Crippen LogP contribution in [-0.2, 0) is 9.59 Å². The lowest BCUT2D eigenvalue weighted by molar-refractivity contribution is -0.137. The summed E-state index contributed by atoms with van der Waals surface area (Å²) < 4.78 is 0. The fraction of sp³-hybridized carbons (Fsp3) is 0.846. The van der Waals surface area contributed by atoms with Crippen LogP contribution < -0.4 is 5.32 Å². The van der Waals surface area contributed by atoms with Gasteiger partial charge in [-0.2, -0.15) is 23.5 Å². The molecule has 1 fully saturated rings. The molecular formula is C13H23NO3S2.